The van der Waals surface area contributed by atoms with Crippen LogP contribution < -0.4 is 10.1 Å². The van der Waals surface area contributed by atoms with Crippen molar-refractivity contribution >= 4 is 42.1 Å². The number of amides is 1. The van der Waals surface area contributed by atoms with E-state index in [2.05, 4.69) is 17.9 Å². The van der Waals surface area contributed by atoms with Gasteiger partial charge in [-0.2, -0.15) is 12.6 Å². The van der Waals surface area contributed by atoms with Crippen LogP contribution in [0.3, 0.4) is 0 Å². The maximum Gasteiger partial charge on any atom is 0.412 e. The molecular formula is C23H29NO6S2. The lowest BCUT2D eigenvalue weighted by atomic mass is 9.94. The summed E-state index contributed by atoms with van der Waals surface area (Å²) in [4.78, 5) is 25.1. The fourth-order valence-corrected chi connectivity index (χ4v) is 3.45. The lowest BCUT2D eigenvalue weighted by Gasteiger charge is -2.25. The molecule has 2 rings (SSSR count). The molecular weight excluding hydrogens is 450 g/mol. The number of rotatable bonds is 12. The molecule has 0 radical (unpaired) electrons. The Bertz CT molecular complexity index is 862. The lowest BCUT2D eigenvalue weighted by molar-refractivity contribution is -0.141. The van der Waals surface area contributed by atoms with Crippen LogP contribution in [0.4, 0.5) is 10.5 Å². The van der Waals surface area contributed by atoms with Crippen LogP contribution in [0.15, 0.2) is 53.4 Å². The second-order valence-electron chi connectivity index (χ2n) is 6.97. The fraction of sp³-hybridized carbons (Fsp3) is 0.391. The van der Waals surface area contributed by atoms with Crippen molar-refractivity contribution in [1.82, 2.24) is 0 Å². The first kappa shape index (κ1) is 25.9. The summed E-state index contributed by atoms with van der Waals surface area (Å²) < 4.78 is 16.4. The van der Waals surface area contributed by atoms with E-state index in [9.17, 15) is 9.59 Å². The highest BCUT2D eigenvalue weighted by atomic mass is 32.2. The van der Waals surface area contributed by atoms with Crippen molar-refractivity contribution in [1.29, 1.82) is 0 Å². The molecule has 2 atom stereocenters. The smallest absolute Gasteiger partial charge is 0.412 e. The molecule has 2 N–H and O–H groups in total. The van der Waals surface area contributed by atoms with Crippen molar-refractivity contribution in [2.24, 2.45) is 5.92 Å². The summed E-state index contributed by atoms with van der Waals surface area (Å²) in [6.45, 7) is 2.17. The van der Waals surface area contributed by atoms with Gasteiger partial charge in [-0.1, -0.05) is 19.1 Å². The first-order chi connectivity index (χ1) is 15.5. The predicted octanol–water partition coefficient (Wildman–Crippen LogP) is 4.57. The van der Waals surface area contributed by atoms with Gasteiger partial charge in [0.2, 0.25) is 0 Å². The Balaban J connectivity index is 2.13. The summed E-state index contributed by atoms with van der Waals surface area (Å²) in [5, 5.41) is 11.7. The number of thiol groups is 1. The highest BCUT2D eigenvalue weighted by molar-refractivity contribution is 7.98. The molecule has 0 aliphatic heterocycles. The second kappa shape index (κ2) is 13.9. The van der Waals surface area contributed by atoms with Crippen LogP contribution in [0.2, 0.25) is 0 Å². The molecule has 0 bridgehead atoms. The molecule has 0 aliphatic carbocycles. The highest BCUT2D eigenvalue weighted by Gasteiger charge is 2.25. The van der Waals surface area contributed by atoms with Crippen LogP contribution in [-0.4, -0.2) is 49.0 Å². The number of nitrogens with one attached hydrogen (secondary N) is 1. The van der Waals surface area contributed by atoms with E-state index in [1.54, 1.807) is 30.0 Å². The molecule has 0 aromatic heterocycles. The van der Waals surface area contributed by atoms with Gasteiger partial charge in [-0.15, -0.1) is 11.8 Å². The predicted molar refractivity (Wildman–Crippen MR) is 129 cm³/mol. The summed E-state index contributed by atoms with van der Waals surface area (Å²) >= 11 is 5.51. The molecule has 0 aliphatic rings. The zero-order chi connectivity index (χ0) is 23.3. The summed E-state index contributed by atoms with van der Waals surface area (Å²) in [5.41, 5.74) is 1.36. The third kappa shape index (κ3) is 8.64. The molecule has 2 aromatic rings. The van der Waals surface area contributed by atoms with E-state index >= 15 is 0 Å². The molecule has 174 valence electrons. The number of thioether (sulfide) groups is 1. The Morgan fingerprint density at radius 3 is 2.56 bits per heavy atom. The van der Waals surface area contributed by atoms with Gasteiger partial charge in [0.1, 0.15) is 18.5 Å². The molecule has 2 aromatic carbocycles. The lowest BCUT2D eigenvalue weighted by Crippen LogP contribution is -2.23. The minimum atomic E-state index is -0.604. The van der Waals surface area contributed by atoms with Crippen molar-refractivity contribution in [2.75, 3.05) is 37.1 Å². The SMILES string of the molecule is CSc1ccc(NC(=O)O[C@H](c2cccc(OCCO)c2)[C@@H](C)CCOC(=O)CS)cc1. The third-order valence-corrected chi connectivity index (χ3v) is 5.60. The average molecular weight is 480 g/mol. The minimum Gasteiger partial charge on any atom is -0.491 e. The van der Waals surface area contributed by atoms with Crippen LogP contribution in [0, 0.1) is 5.92 Å². The largest absolute Gasteiger partial charge is 0.491 e. The molecule has 0 saturated carbocycles. The number of hydrogen-bond acceptors (Lipinski definition) is 8. The Morgan fingerprint density at radius 2 is 1.91 bits per heavy atom. The number of anilines is 1. The summed E-state index contributed by atoms with van der Waals surface area (Å²) in [6.07, 6.45) is 1.27. The Hall–Kier alpha value is -2.36. The van der Waals surface area contributed by atoms with Crippen LogP contribution in [0.1, 0.15) is 25.0 Å². The van der Waals surface area contributed by atoms with Crippen LogP contribution >= 0.6 is 24.4 Å². The van der Waals surface area contributed by atoms with Gasteiger partial charge < -0.3 is 19.3 Å². The Morgan fingerprint density at radius 1 is 1.16 bits per heavy atom. The number of aliphatic hydroxyl groups excluding tert-OH is 1. The molecule has 0 spiro atoms. The molecule has 0 fully saturated rings. The number of ether oxygens (including phenoxy) is 3. The monoisotopic (exact) mass is 479 g/mol. The summed E-state index contributed by atoms with van der Waals surface area (Å²) in [7, 11) is 0. The third-order valence-electron chi connectivity index (χ3n) is 4.60. The van der Waals surface area contributed by atoms with E-state index in [4.69, 9.17) is 19.3 Å². The zero-order valence-electron chi connectivity index (χ0n) is 18.2. The normalized spacial score (nSPS) is 12.5. The summed E-state index contributed by atoms with van der Waals surface area (Å²) in [5.74, 6) is 0.0206. The molecule has 32 heavy (non-hydrogen) atoms. The number of benzene rings is 2. The maximum atomic E-state index is 12.6. The number of aliphatic hydroxyl groups is 1. The first-order valence-corrected chi connectivity index (χ1v) is 12.0. The van der Waals surface area contributed by atoms with Gasteiger partial charge in [0.05, 0.1) is 19.0 Å². The van der Waals surface area contributed by atoms with Crippen LogP contribution in [0.25, 0.3) is 0 Å². The van der Waals surface area contributed by atoms with Crippen molar-refractivity contribution in [3.05, 3.63) is 54.1 Å². The van der Waals surface area contributed by atoms with Gasteiger partial charge in [0.15, 0.2) is 0 Å². The van der Waals surface area contributed by atoms with Gasteiger partial charge in [0, 0.05) is 16.5 Å². The van der Waals surface area contributed by atoms with Gasteiger partial charge in [0.25, 0.3) is 0 Å². The van der Waals surface area contributed by atoms with Gasteiger partial charge in [-0.05, 0) is 54.6 Å². The second-order valence-corrected chi connectivity index (χ2v) is 8.16. The quantitative estimate of drug-likeness (QED) is 0.233. The van der Waals surface area contributed by atoms with Crippen molar-refractivity contribution in [3.63, 3.8) is 0 Å². The maximum absolute atomic E-state index is 12.6. The van der Waals surface area contributed by atoms with Crippen molar-refractivity contribution < 1.29 is 28.9 Å². The van der Waals surface area contributed by atoms with Crippen LogP contribution in [-0.2, 0) is 14.3 Å². The topological polar surface area (TPSA) is 94.1 Å². The van der Waals surface area contributed by atoms with E-state index in [0.717, 1.165) is 10.5 Å². The molecule has 0 saturated heterocycles. The number of hydrogen-bond donors (Lipinski definition) is 3. The Labute approximate surface area is 198 Å². The van der Waals surface area contributed by atoms with E-state index in [0.29, 0.717) is 17.9 Å². The molecule has 1 amide bonds. The van der Waals surface area contributed by atoms with E-state index < -0.39 is 18.2 Å². The van der Waals surface area contributed by atoms with E-state index in [1.807, 2.05) is 43.5 Å². The van der Waals surface area contributed by atoms with Crippen molar-refractivity contribution in [3.8, 4) is 5.75 Å². The molecule has 0 heterocycles. The van der Waals surface area contributed by atoms with Gasteiger partial charge >= 0.3 is 12.1 Å². The molecule has 0 unspecified atom stereocenters. The number of carbonyl (C=O) groups excluding carboxylic acids is 2. The van der Waals surface area contributed by atoms with E-state index in [-0.39, 0.29) is 31.5 Å². The number of esters is 1. The van der Waals surface area contributed by atoms with E-state index in [1.165, 1.54) is 0 Å². The minimum absolute atomic E-state index is 0.0102. The van der Waals surface area contributed by atoms with Crippen molar-refractivity contribution in [2.45, 2.75) is 24.3 Å². The standard InChI is InChI=1S/C23H29NO6S2/c1-16(10-12-29-21(26)15-31)22(17-4-3-5-19(14-17)28-13-11-25)30-23(27)24-18-6-8-20(32-2)9-7-18/h3-9,14,16,22,25,31H,10-13,15H2,1-2H3,(H,24,27)/t16-,22-/m0/s1. The zero-order valence-corrected chi connectivity index (χ0v) is 19.9. The fourth-order valence-electron chi connectivity index (χ4n) is 2.95. The molecule has 9 heteroatoms. The highest BCUT2D eigenvalue weighted by Crippen LogP contribution is 2.31. The number of carbonyl (C=O) groups is 2. The average Bonchev–Trinajstić information content (AvgIpc) is 2.81. The van der Waals surface area contributed by atoms with Gasteiger partial charge in [-0.25, -0.2) is 4.79 Å². The van der Waals surface area contributed by atoms with Crippen LogP contribution in [0.5, 0.6) is 5.75 Å². The Kier molecular flexibility index (Phi) is 11.3. The van der Waals surface area contributed by atoms with Gasteiger partial charge in [-0.3, -0.25) is 10.1 Å². The first-order valence-electron chi connectivity index (χ1n) is 10.2. The summed E-state index contributed by atoms with van der Waals surface area (Å²) in [6, 6.07) is 14.6. The molecule has 7 nitrogen and oxygen atoms in total.